The quantitative estimate of drug-likeness (QED) is 0.760. The molecule has 2 aromatic heterocycles. The molecule has 7 nitrogen and oxygen atoms in total. The molecule has 90 valence electrons. The topological polar surface area (TPSA) is 90.8 Å². The van der Waals surface area contributed by atoms with Gasteiger partial charge in [0, 0.05) is 20.3 Å². The largest absolute Gasteiger partial charge is 0.396 e. The van der Waals surface area contributed by atoms with Gasteiger partial charge < -0.3 is 11.1 Å². The molecule has 0 bridgehead atoms. The van der Waals surface area contributed by atoms with Crippen LogP contribution in [0.5, 0.6) is 0 Å². The Morgan fingerprint density at radius 3 is 2.82 bits per heavy atom. The van der Waals surface area contributed by atoms with E-state index in [1.165, 1.54) is 10.9 Å². The zero-order valence-electron chi connectivity index (χ0n) is 9.71. The number of aryl methyl sites for hydroxylation is 2. The number of hydrogen-bond acceptors (Lipinski definition) is 4. The Morgan fingerprint density at radius 1 is 1.53 bits per heavy atom. The molecule has 2 heterocycles. The zero-order chi connectivity index (χ0) is 12.4. The number of anilines is 1. The summed E-state index contributed by atoms with van der Waals surface area (Å²) in [4.78, 5) is 11.8. The van der Waals surface area contributed by atoms with Gasteiger partial charge in [-0.15, -0.1) is 0 Å². The Morgan fingerprint density at radius 2 is 2.29 bits per heavy atom. The fraction of sp³-hybridized carbons (Fsp3) is 0.300. The Kier molecular flexibility index (Phi) is 2.82. The van der Waals surface area contributed by atoms with E-state index >= 15 is 0 Å². The van der Waals surface area contributed by atoms with Crippen molar-refractivity contribution in [3.8, 4) is 0 Å². The van der Waals surface area contributed by atoms with Crippen LogP contribution in [0.1, 0.15) is 16.2 Å². The van der Waals surface area contributed by atoms with E-state index in [1.807, 2.05) is 19.3 Å². The van der Waals surface area contributed by atoms with Gasteiger partial charge in [-0.05, 0) is 6.07 Å². The van der Waals surface area contributed by atoms with Gasteiger partial charge in [0.15, 0.2) is 0 Å². The highest BCUT2D eigenvalue weighted by Gasteiger charge is 2.14. The predicted octanol–water partition coefficient (Wildman–Crippen LogP) is -0.334. The third kappa shape index (κ3) is 2.27. The van der Waals surface area contributed by atoms with Crippen LogP contribution in [-0.2, 0) is 20.6 Å². The van der Waals surface area contributed by atoms with Gasteiger partial charge in [0.2, 0.25) is 0 Å². The van der Waals surface area contributed by atoms with Crippen LogP contribution in [0.2, 0.25) is 0 Å². The summed E-state index contributed by atoms with van der Waals surface area (Å²) in [5, 5.41) is 10.8. The Balaban J connectivity index is 2.03. The van der Waals surface area contributed by atoms with Gasteiger partial charge in [-0.1, -0.05) is 0 Å². The van der Waals surface area contributed by atoms with E-state index in [1.54, 1.807) is 11.7 Å². The molecule has 0 radical (unpaired) electrons. The smallest absolute Gasteiger partial charge is 0.272 e. The maximum absolute atomic E-state index is 11.8. The van der Waals surface area contributed by atoms with Crippen molar-refractivity contribution >= 4 is 11.6 Å². The number of nitrogens with one attached hydrogen (secondary N) is 1. The van der Waals surface area contributed by atoms with Crippen LogP contribution < -0.4 is 11.1 Å². The number of nitrogens with two attached hydrogens (primary N) is 1. The summed E-state index contributed by atoms with van der Waals surface area (Å²) in [7, 11) is 3.50. The lowest BCUT2D eigenvalue weighted by Gasteiger charge is -2.04. The molecule has 0 fully saturated rings. The van der Waals surface area contributed by atoms with Crippen molar-refractivity contribution in [3.05, 3.63) is 29.8 Å². The summed E-state index contributed by atoms with van der Waals surface area (Å²) in [5.41, 5.74) is 7.17. The van der Waals surface area contributed by atoms with Gasteiger partial charge in [0.25, 0.3) is 5.91 Å². The minimum atomic E-state index is -0.256. The minimum absolute atomic E-state index is 0.256. The summed E-state index contributed by atoms with van der Waals surface area (Å²) in [6.07, 6.45) is 3.27. The van der Waals surface area contributed by atoms with E-state index in [4.69, 9.17) is 5.73 Å². The van der Waals surface area contributed by atoms with E-state index in [0.717, 1.165) is 5.69 Å². The SMILES string of the molecule is Cn1ccc(CNC(=O)c2c(N)cnn2C)n1. The van der Waals surface area contributed by atoms with Crippen LogP contribution in [0.4, 0.5) is 5.69 Å². The monoisotopic (exact) mass is 234 g/mol. The van der Waals surface area contributed by atoms with E-state index < -0.39 is 0 Å². The van der Waals surface area contributed by atoms with E-state index in [9.17, 15) is 4.79 Å². The van der Waals surface area contributed by atoms with Crippen molar-refractivity contribution < 1.29 is 4.79 Å². The molecule has 0 aliphatic carbocycles. The van der Waals surface area contributed by atoms with Crippen molar-refractivity contribution in [2.45, 2.75) is 6.54 Å². The average Bonchev–Trinajstić information content (AvgIpc) is 2.83. The summed E-state index contributed by atoms with van der Waals surface area (Å²) < 4.78 is 3.13. The number of nitrogens with zero attached hydrogens (tertiary/aromatic N) is 4. The normalized spacial score (nSPS) is 10.5. The molecule has 0 aromatic carbocycles. The van der Waals surface area contributed by atoms with Gasteiger partial charge in [-0.2, -0.15) is 10.2 Å². The number of nitrogen functional groups attached to an aromatic ring is 1. The third-order valence-electron chi connectivity index (χ3n) is 2.38. The third-order valence-corrected chi connectivity index (χ3v) is 2.38. The second-order valence-electron chi connectivity index (χ2n) is 3.74. The highest BCUT2D eigenvalue weighted by atomic mass is 16.2. The molecule has 2 aromatic rings. The highest BCUT2D eigenvalue weighted by Crippen LogP contribution is 2.08. The fourth-order valence-corrected chi connectivity index (χ4v) is 1.54. The van der Waals surface area contributed by atoms with Crippen LogP contribution in [0.15, 0.2) is 18.5 Å². The Hall–Kier alpha value is -2.31. The van der Waals surface area contributed by atoms with E-state index in [2.05, 4.69) is 15.5 Å². The molecule has 0 aliphatic heterocycles. The molecule has 17 heavy (non-hydrogen) atoms. The molecule has 1 amide bonds. The summed E-state index contributed by atoms with van der Waals surface area (Å²) in [6.45, 7) is 0.365. The number of amides is 1. The standard InChI is InChI=1S/C10H14N6O/c1-15-4-3-7(14-15)5-12-10(17)9-8(11)6-13-16(9)2/h3-4,6H,5,11H2,1-2H3,(H,12,17). The molecule has 0 unspecified atom stereocenters. The number of hydrogen-bond donors (Lipinski definition) is 2. The lowest BCUT2D eigenvalue weighted by molar-refractivity contribution is 0.0942. The minimum Gasteiger partial charge on any atom is -0.396 e. The van der Waals surface area contributed by atoms with Crippen molar-refractivity contribution in [1.82, 2.24) is 24.9 Å². The van der Waals surface area contributed by atoms with Gasteiger partial charge in [-0.3, -0.25) is 14.2 Å². The van der Waals surface area contributed by atoms with Crippen LogP contribution in [0.25, 0.3) is 0 Å². The van der Waals surface area contributed by atoms with Crippen LogP contribution in [0.3, 0.4) is 0 Å². The van der Waals surface area contributed by atoms with Crippen molar-refractivity contribution in [1.29, 1.82) is 0 Å². The van der Waals surface area contributed by atoms with Gasteiger partial charge in [-0.25, -0.2) is 0 Å². The lowest BCUT2D eigenvalue weighted by atomic mass is 10.3. The van der Waals surface area contributed by atoms with Crippen molar-refractivity contribution in [3.63, 3.8) is 0 Å². The Labute approximate surface area is 98.2 Å². The molecule has 2 rings (SSSR count). The number of rotatable bonds is 3. The second kappa shape index (κ2) is 4.28. The highest BCUT2D eigenvalue weighted by molar-refractivity contribution is 5.97. The van der Waals surface area contributed by atoms with E-state index in [-0.39, 0.29) is 5.91 Å². The summed E-state index contributed by atoms with van der Waals surface area (Å²) in [6, 6.07) is 1.84. The first-order valence-electron chi connectivity index (χ1n) is 5.12. The summed E-state index contributed by atoms with van der Waals surface area (Å²) in [5.74, 6) is -0.256. The molecule has 7 heteroatoms. The molecular weight excluding hydrogens is 220 g/mol. The fourth-order valence-electron chi connectivity index (χ4n) is 1.54. The van der Waals surface area contributed by atoms with E-state index in [0.29, 0.717) is 17.9 Å². The molecule has 0 atom stereocenters. The average molecular weight is 234 g/mol. The molecule has 0 saturated heterocycles. The van der Waals surface area contributed by atoms with Crippen LogP contribution in [0, 0.1) is 0 Å². The summed E-state index contributed by atoms with van der Waals surface area (Å²) >= 11 is 0. The first-order chi connectivity index (χ1) is 8.08. The molecule has 0 aliphatic rings. The predicted molar refractivity (Wildman–Crippen MR) is 62.0 cm³/mol. The van der Waals surface area contributed by atoms with Gasteiger partial charge in [0.1, 0.15) is 5.69 Å². The van der Waals surface area contributed by atoms with Gasteiger partial charge >= 0.3 is 0 Å². The second-order valence-corrected chi connectivity index (χ2v) is 3.74. The lowest BCUT2D eigenvalue weighted by Crippen LogP contribution is -2.26. The zero-order valence-corrected chi connectivity index (χ0v) is 9.71. The molecule has 0 saturated carbocycles. The first-order valence-corrected chi connectivity index (χ1v) is 5.12. The Bertz CT molecular complexity index is 521. The first kappa shape index (κ1) is 11.2. The molecule has 3 N–H and O–H groups in total. The van der Waals surface area contributed by atoms with Crippen LogP contribution in [-0.4, -0.2) is 25.5 Å². The number of carbonyl (C=O) groups is 1. The van der Waals surface area contributed by atoms with Crippen LogP contribution >= 0.6 is 0 Å². The maximum atomic E-state index is 11.8. The molecule has 0 spiro atoms. The number of carbonyl (C=O) groups excluding carboxylic acids is 1. The molecular formula is C10H14N6O. The van der Waals surface area contributed by atoms with Crippen molar-refractivity contribution in [2.24, 2.45) is 14.1 Å². The number of aromatic nitrogens is 4. The van der Waals surface area contributed by atoms with Crippen molar-refractivity contribution in [2.75, 3.05) is 5.73 Å². The van der Waals surface area contributed by atoms with Gasteiger partial charge in [0.05, 0.1) is 24.1 Å². The maximum Gasteiger partial charge on any atom is 0.272 e.